The molecule has 0 amide bonds. The van der Waals surface area contributed by atoms with E-state index in [0.29, 0.717) is 0 Å². The Bertz CT molecular complexity index is 329. The van der Waals surface area contributed by atoms with Crippen LogP contribution in [0.15, 0.2) is 0 Å². The van der Waals surface area contributed by atoms with Gasteiger partial charge in [-0.3, -0.25) is 4.55 Å². The number of hydrogen-bond donors (Lipinski definition) is 6. The molecular formula is C6H13NO8S. The molecule has 1 fully saturated rings. The highest BCUT2D eigenvalue weighted by atomic mass is 32.2. The van der Waals surface area contributed by atoms with Crippen molar-refractivity contribution >= 4 is 10.3 Å². The largest absolute Gasteiger partial charge is 0.394 e. The number of hydrogen-bond acceptors (Lipinski definition) is 7. The average molecular weight is 259 g/mol. The van der Waals surface area contributed by atoms with E-state index in [1.807, 2.05) is 0 Å². The molecule has 1 rings (SSSR count). The van der Waals surface area contributed by atoms with E-state index in [-0.39, 0.29) is 0 Å². The van der Waals surface area contributed by atoms with E-state index in [4.69, 9.17) is 14.4 Å². The van der Waals surface area contributed by atoms with E-state index in [9.17, 15) is 23.7 Å². The van der Waals surface area contributed by atoms with Crippen LogP contribution in [0.1, 0.15) is 0 Å². The first-order valence-electron chi connectivity index (χ1n) is 4.31. The lowest BCUT2D eigenvalue weighted by Crippen LogP contribution is -2.63. The zero-order valence-corrected chi connectivity index (χ0v) is 8.78. The highest BCUT2D eigenvalue weighted by molar-refractivity contribution is 7.83. The Labute approximate surface area is 91.2 Å². The molecule has 0 radical (unpaired) electrons. The van der Waals surface area contributed by atoms with Gasteiger partial charge in [0.2, 0.25) is 0 Å². The molecule has 1 aliphatic rings. The predicted molar refractivity (Wildman–Crippen MR) is 48.5 cm³/mol. The van der Waals surface area contributed by atoms with Crippen molar-refractivity contribution in [2.24, 2.45) is 0 Å². The van der Waals surface area contributed by atoms with E-state index < -0.39 is 47.6 Å². The maximum Gasteiger partial charge on any atom is 0.335 e. The Kier molecular flexibility index (Phi) is 4.20. The minimum Gasteiger partial charge on any atom is -0.394 e. The fourth-order valence-corrected chi connectivity index (χ4v) is 1.83. The van der Waals surface area contributed by atoms with Crippen LogP contribution in [0.4, 0.5) is 0 Å². The van der Waals surface area contributed by atoms with E-state index >= 15 is 0 Å². The van der Waals surface area contributed by atoms with Gasteiger partial charge < -0.3 is 25.2 Å². The molecule has 0 aliphatic carbocycles. The summed E-state index contributed by atoms with van der Waals surface area (Å²) in [6.07, 6.45) is -7.94. The number of rotatable bonds is 3. The summed E-state index contributed by atoms with van der Waals surface area (Å²) in [7, 11) is -4.64. The first-order chi connectivity index (χ1) is 7.26. The molecule has 10 heteroatoms. The summed E-state index contributed by atoms with van der Waals surface area (Å²) < 4.78 is 35.7. The molecule has 0 bridgehead atoms. The van der Waals surface area contributed by atoms with Crippen LogP contribution in [0.3, 0.4) is 0 Å². The summed E-state index contributed by atoms with van der Waals surface area (Å²) in [4.78, 5) is 0. The van der Waals surface area contributed by atoms with Crippen LogP contribution in [-0.4, -0.2) is 70.6 Å². The van der Waals surface area contributed by atoms with Gasteiger partial charge in [-0.15, -0.1) is 0 Å². The normalized spacial score (nSPS) is 40.9. The van der Waals surface area contributed by atoms with Crippen LogP contribution < -0.4 is 4.72 Å². The SMILES string of the molecule is O=S(=O)(O)N[C@H]1O[C@H](CO)[C@@H](O)[C@H](O)[C@H]1O. The van der Waals surface area contributed by atoms with E-state index in [2.05, 4.69) is 0 Å². The lowest BCUT2D eigenvalue weighted by atomic mass is 9.99. The molecule has 0 saturated carbocycles. The van der Waals surface area contributed by atoms with Gasteiger partial charge in [-0.05, 0) is 0 Å². The molecule has 0 aromatic heterocycles. The molecule has 9 nitrogen and oxygen atoms in total. The van der Waals surface area contributed by atoms with Gasteiger partial charge in [-0.2, -0.15) is 13.1 Å². The van der Waals surface area contributed by atoms with Gasteiger partial charge in [-0.25, -0.2) is 0 Å². The average Bonchev–Trinajstić information content (AvgIpc) is 2.17. The summed E-state index contributed by atoms with van der Waals surface area (Å²) in [5, 5.41) is 36.7. The fraction of sp³-hybridized carbons (Fsp3) is 1.00. The van der Waals surface area contributed by atoms with Crippen molar-refractivity contribution in [3.8, 4) is 0 Å². The Morgan fingerprint density at radius 3 is 2.12 bits per heavy atom. The quantitative estimate of drug-likeness (QED) is 0.281. The Morgan fingerprint density at radius 1 is 1.12 bits per heavy atom. The molecular weight excluding hydrogens is 246 g/mol. The second-order valence-corrected chi connectivity index (χ2v) is 4.53. The second kappa shape index (κ2) is 4.89. The summed E-state index contributed by atoms with van der Waals surface area (Å²) in [6.45, 7) is -0.686. The molecule has 6 N–H and O–H groups in total. The molecule has 16 heavy (non-hydrogen) atoms. The molecule has 1 saturated heterocycles. The first-order valence-corrected chi connectivity index (χ1v) is 5.75. The van der Waals surface area contributed by atoms with Gasteiger partial charge in [0.25, 0.3) is 0 Å². The smallest absolute Gasteiger partial charge is 0.335 e. The zero-order chi connectivity index (χ0) is 12.5. The third kappa shape index (κ3) is 3.09. The molecule has 5 atom stereocenters. The summed E-state index contributed by atoms with van der Waals surface area (Å²) in [6, 6.07) is 0. The molecule has 0 aromatic rings. The number of aliphatic hydroxyl groups excluding tert-OH is 4. The number of ether oxygens (including phenoxy) is 1. The van der Waals surface area contributed by atoms with Crippen LogP contribution in [0.5, 0.6) is 0 Å². The lowest BCUT2D eigenvalue weighted by molar-refractivity contribution is -0.231. The van der Waals surface area contributed by atoms with Crippen LogP contribution in [-0.2, 0) is 15.0 Å². The highest BCUT2D eigenvalue weighted by Gasteiger charge is 2.44. The Hall–Kier alpha value is -0.330. The third-order valence-electron chi connectivity index (χ3n) is 2.16. The predicted octanol–water partition coefficient (Wildman–Crippen LogP) is -3.82. The molecule has 0 unspecified atom stereocenters. The fourth-order valence-electron chi connectivity index (χ4n) is 1.35. The third-order valence-corrected chi connectivity index (χ3v) is 2.69. The van der Waals surface area contributed by atoms with Crippen LogP contribution >= 0.6 is 0 Å². The Balaban J connectivity index is 2.79. The summed E-state index contributed by atoms with van der Waals surface area (Å²) in [5.41, 5.74) is 0. The van der Waals surface area contributed by atoms with E-state index in [1.54, 1.807) is 0 Å². The molecule has 0 aromatic carbocycles. The molecule has 1 heterocycles. The van der Waals surface area contributed by atoms with E-state index in [0.717, 1.165) is 0 Å². The van der Waals surface area contributed by atoms with Gasteiger partial charge >= 0.3 is 10.3 Å². The van der Waals surface area contributed by atoms with Crippen molar-refractivity contribution in [3.63, 3.8) is 0 Å². The number of aliphatic hydroxyl groups is 4. The van der Waals surface area contributed by atoms with Crippen LogP contribution in [0.2, 0.25) is 0 Å². The van der Waals surface area contributed by atoms with Crippen molar-refractivity contribution in [2.45, 2.75) is 30.6 Å². The maximum absolute atomic E-state index is 10.5. The van der Waals surface area contributed by atoms with E-state index in [1.165, 1.54) is 4.72 Å². The summed E-state index contributed by atoms with van der Waals surface area (Å²) in [5.74, 6) is 0. The van der Waals surface area contributed by atoms with Crippen molar-refractivity contribution in [3.05, 3.63) is 0 Å². The number of nitrogens with one attached hydrogen (secondary N) is 1. The van der Waals surface area contributed by atoms with Gasteiger partial charge in [-0.1, -0.05) is 0 Å². The topological polar surface area (TPSA) is 157 Å². The monoisotopic (exact) mass is 259 g/mol. The molecule has 0 spiro atoms. The minimum absolute atomic E-state index is 0.686. The Morgan fingerprint density at radius 2 is 1.69 bits per heavy atom. The lowest BCUT2D eigenvalue weighted by Gasteiger charge is -2.39. The van der Waals surface area contributed by atoms with Crippen molar-refractivity contribution in [1.82, 2.24) is 4.72 Å². The first kappa shape index (κ1) is 13.7. The van der Waals surface area contributed by atoms with Gasteiger partial charge in [0.05, 0.1) is 6.61 Å². The molecule has 96 valence electrons. The van der Waals surface area contributed by atoms with Gasteiger partial charge in [0.1, 0.15) is 24.4 Å². The van der Waals surface area contributed by atoms with Crippen LogP contribution in [0.25, 0.3) is 0 Å². The van der Waals surface area contributed by atoms with Crippen molar-refractivity contribution < 1.29 is 38.1 Å². The van der Waals surface area contributed by atoms with Crippen molar-refractivity contribution in [1.29, 1.82) is 0 Å². The highest BCUT2D eigenvalue weighted by Crippen LogP contribution is 2.19. The van der Waals surface area contributed by atoms with Gasteiger partial charge in [0.15, 0.2) is 6.23 Å². The van der Waals surface area contributed by atoms with Crippen molar-refractivity contribution in [2.75, 3.05) is 6.61 Å². The summed E-state index contributed by atoms with van der Waals surface area (Å²) >= 11 is 0. The zero-order valence-electron chi connectivity index (χ0n) is 7.96. The standard InChI is InChI=1S/C6H13NO8S/c8-1-2-3(9)4(10)5(11)6(15-2)7-16(12,13)14/h2-11H,1H2,(H,12,13,14)/t2-,3-,4+,5-,6+/m1/s1. The van der Waals surface area contributed by atoms with Gasteiger partial charge in [0, 0.05) is 0 Å². The second-order valence-electron chi connectivity index (χ2n) is 3.34. The molecule has 1 aliphatic heterocycles. The maximum atomic E-state index is 10.5. The van der Waals surface area contributed by atoms with Crippen LogP contribution in [0, 0.1) is 0 Å². The minimum atomic E-state index is -4.64.